The first-order chi connectivity index (χ1) is 13.3. The van der Waals surface area contributed by atoms with Crippen LogP contribution in [0.4, 0.5) is 5.69 Å². The van der Waals surface area contributed by atoms with Gasteiger partial charge in [0.2, 0.25) is 11.8 Å². The molecule has 10 nitrogen and oxygen atoms in total. The molecule has 10 heteroatoms. The maximum atomic E-state index is 12.4. The van der Waals surface area contributed by atoms with Gasteiger partial charge in [-0.15, -0.1) is 0 Å². The molecule has 1 saturated heterocycles. The molecular formula is C18H25N5O5. The Bertz CT molecular complexity index is 752. The minimum atomic E-state index is -0.577. The first kappa shape index (κ1) is 21.3. The van der Waals surface area contributed by atoms with Crippen molar-refractivity contribution in [3.63, 3.8) is 0 Å². The molecule has 1 aliphatic rings. The molecule has 152 valence electrons. The van der Waals surface area contributed by atoms with Crippen LogP contribution < -0.4 is 5.32 Å². The molecule has 0 atom stereocenters. The lowest BCUT2D eigenvalue weighted by Crippen LogP contribution is -2.43. The Morgan fingerprint density at radius 2 is 1.93 bits per heavy atom. The van der Waals surface area contributed by atoms with E-state index >= 15 is 0 Å². The summed E-state index contributed by atoms with van der Waals surface area (Å²) in [4.78, 5) is 51.8. The molecule has 0 radical (unpaired) electrons. The molecule has 0 aliphatic carbocycles. The van der Waals surface area contributed by atoms with E-state index in [1.165, 1.54) is 29.2 Å². The van der Waals surface area contributed by atoms with Gasteiger partial charge in [0.25, 0.3) is 11.6 Å². The van der Waals surface area contributed by atoms with Crippen LogP contribution in [0.15, 0.2) is 24.3 Å². The molecule has 0 unspecified atom stereocenters. The van der Waals surface area contributed by atoms with Gasteiger partial charge in [0.05, 0.1) is 18.0 Å². The number of nitrogens with one attached hydrogen (secondary N) is 1. The topological polar surface area (TPSA) is 116 Å². The van der Waals surface area contributed by atoms with Crippen LogP contribution in [0.1, 0.15) is 16.8 Å². The van der Waals surface area contributed by atoms with Crippen molar-refractivity contribution < 1.29 is 19.3 Å². The summed E-state index contributed by atoms with van der Waals surface area (Å²) in [5.41, 5.74) is -0.0508. The first-order valence-corrected chi connectivity index (χ1v) is 9.01. The molecule has 0 bridgehead atoms. The predicted octanol–water partition coefficient (Wildman–Crippen LogP) is -0.0529. The number of hydrogen-bond acceptors (Lipinski definition) is 6. The van der Waals surface area contributed by atoms with Crippen molar-refractivity contribution in [3.8, 4) is 0 Å². The second-order valence-corrected chi connectivity index (χ2v) is 6.79. The molecule has 2 rings (SSSR count). The van der Waals surface area contributed by atoms with Gasteiger partial charge in [-0.3, -0.25) is 29.4 Å². The van der Waals surface area contributed by atoms with Gasteiger partial charge in [0, 0.05) is 58.0 Å². The van der Waals surface area contributed by atoms with E-state index < -0.39 is 10.8 Å². The van der Waals surface area contributed by atoms with Gasteiger partial charge in [-0.1, -0.05) is 6.07 Å². The Morgan fingerprint density at radius 1 is 1.18 bits per heavy atom. The van der Waals surface area contributed by atoms with Crippen molar-refractivity contribution in [2.75, 3.05) is 53.4 Å². The van der Waals surface area contributed by atoms with E-state index in [2.05, 4.69) is 5.32 Å². The molecule has 0 spiro atoms. The van der Waals surface area contributed by atoms with Crippen molar-refractivity contribution in [2.24, 2.45) is 0 Å². The van der Waals surface area contributed by atoms with E-state index in [-0.39, 0.29) is 29.6 Å². The fourth-order valence-electron chi connectivity index (χ4n) is 2.84. The molecule has 28 heavy (non-hydrogen) atoms. The molecule has 3 amide bonds. The van der Waals surface area contributed by atoms with Gasteiger partial charge in [-0.25, -0.2) is 0 Å². The highest BCUT2D eigenvalue weighted by atomic mass is 16.6. The maximum Gasteiger partial charge on any atom is 0.270 e. The van der Waals surface area contributed by atoms with Crippen molar-refractivity contribution in [3.05, 3.63) is 39.9 Å². The molecule has 0 aromatic heterocycles. The Kier molecular flexibility index (Phi) is 7.44. The van der Waals surface area contributed by atoms with Crippen LogP contribution in [0.25, 0.3) is 0 Å². The zero-order valence-electron chi connectivity index (χ0n) is 16.1. The quantitative estimate of drug-likeness (QED) is 0.537. The number of benzene rings is 1. The summed E-state index contributed by atoms with van der Waals surface area (Å²) in [6.07, 6.45) is 0.741. The van der Waals surface area contributed by atoms with Gasteiger partial charge in [0.15, 0.2) is 0 Å². The molecule has 1 aromatic rings. The number of nitro groups is 1. The monoisotopic (exact) mass is 391 g/mol. The third-order valence-electron chi connectivity index (χ3n) is 4.52. The van der Waals surface area contributed by atoms with Crippen molar-refractivity contribution in [1.82, 2.24) is 20.0 Å². The molecule has 1 N–H and O–H groups in total. The van der Waals surface area contributed by atoms with E-state index in [1.807, 2.05) is 4.90 Å². The van der Waals surface area contributed by atoms with E-state index in [1.54, 1.807) is 19.0 Å². The van der Waals surface area contributed by atoms with E-state index in [0.717, 1.165) is 13.0 Å². The number of carbonyl (C=O) groups is 3. The number of nitro benzene ring substituents is 1. The smallest absolute Gasteiger partial charge is 0.270 e. The number of likely N-dealkylation sites (N-methyl/N-ethyl adjacent to an activating group) is 1. The van der Waals surface area contributed by atoms with Gasteiger partial charge in [-0.2, -0.15) is 0 Å². The zero-order chi connectivity index (χ0) is 20.7. The van der Waals surface area contributed by atoms with Gasteiger partial charge < -0.3 is 15.1 Å². The fourth-order valence-corrected chi connectivity index (χ4v) is 2.84. The summed E-state index contributed by atoms with van der Waals surface area (Å²) in [6.45, 7) is 2.48. The van der Waals surface area contributed by atoms with E-state index in [0.29, 0.717) is 26.2 Å². The maximum absolute atomic E-state index is 12.4. The SMILES string of the molecule is CN(C)C(=O)CN1CCCN(C(=O)CNC(=O)c2cccc([N+](=O)[O-])c2)CC1. The van der Waals surface area contributed by atoms with Crippen LogP contribution in [0, 0.1) is 10.1 Å². The third-order valence-corrected chi connectivity index (χ3v) is 4.52. The van der Waals surface area contributed by atoms with Crippen LogP contribution in [-0.2, 0) is 9.59 Å². The van der Waals surface area contributed by atoms with Crippen LogP contribution in [0.2, 0.25) is 0 Å². The lowest BCUT2D eigenvalue weighted by molar-refractivity contribution is -0.384. The Labute approximate surface area is 163 Å². The van der Waals surface area contributed by atoms with Gasteiger partial charge in [0.1, 0.15) is 0 Å². The number of rotatable bonds is 6. The largest absolute Gasteiger partial charge is 0.348 e. The van der Waals surface area contributed by atoms with Gasteiger partial charge in [-0.05, 0) is 12.5 Å². The molecule has 1 fully saturated rings. The average Bonchev–Trinajstić information content (AvgIpc) is 2.91. The molecule has 1 heterocycles. The Balaban J connectivity index is 1.84. The predicted molar refractivity (Wildman–Crippen MR) is 102 cm³/mol. The van der Waals surface area contributed by atoms with Crippen LogP contribution in [0.5, 0.6) is 0 Å². The normalized spacial score (nSPS) is 14.9. The second-order valence-electron chi connectivity index (χ2n) is 6.79. The summed E-state index contributed by atoms with van der Waals surface area (Å²) in [6, 6.07) is 5.35. The number of carbonyl (C=O) groups excluding carboxylic acids is 3. The summed E-state index contributed by atoms with van der Waals surface area (Å²) >= 11 is 0. The third kappa shape index (κ3) is 6.02. The highest BCUT2D eigenvalue weighted by Crippen LogP contribution is 2.13. The first-order valence-electron chi connectivity index (χ1n) is 9.01. The van der Waals surface area contributed by atoms with Crippen LogP contribution >= 0.6 is 0 Å². The number of nitrogens with zero attached hydrogens (tertiary/aromatic N) is 4. The number of hydrogen-bond donors (Lipinski definition) is 1. The summed E-state index contributed by atoms with van der Waals surface area (Å²) < 4.78 is 0. The zero-order valence-corrected chi connectivity index (χ0v) is 16.1. The minimum absolute atomic E-state index is 0.0176. The Hall–Kier alpha value is -3.01. The van der Waals surface area contributed by atoms with Crippen LogP contribution in [0.3, 0.4) is 0 Å². The Morgan fingerprint density at radius 3 is 2.61 bits per heavy atom. The summed E-state index contributed by atoms with van der Waals surface area (Å²) in [5, 5.41) is 13.3. The van der Waals surface area contributed by atoms with E-state index in [9.17, 15) is 24.5 Å². The highest BCUT2D eigenvalue weighted by Gasteiger charge is 2.21. The summed E-state index contributed by atoms with van der Waals surface area (Å²) in [7, 11) is 3.42. The van der Waals surface area contributed by atoms with Crippen molar-refractivity contribution in [1.29, 1.82) is 0 Å². The highest BCUT2D eigenvalue weighted by molar-refractivity contribution is 5.96. The lowest BCUT2D eigenvalue weighted by Gasteiger charge is -2.23. The van der Waals surface area contributed by atoms with Crippen LogP contribution in [-0.4, -0.2) is 90.7 Å². The lowest BCUT2D eigenvalue weighted by atomic mass is 10.2. The number of non-ortho nitro benzene ring substituents is 1. The fraction of sp³-hybridized carbons (Fsp3) is 0.500. The standard InChI is InChI=1S/C18H25N5O5/c1-20(2)17(25)13-21-7-4-8-22(10-9-21)16(24)12-19-18(26)14-5-3-6-15(11-14)23(27)28/h3,5-6,11H,4,7-10,12-13H2,1-2H3,(H,19,26). The van der Waals surface area contributed by atoms with Crippen molar-refractivity contribution in [2.45, 2.75) is 6.42 Å². The van der Waals surface area contributed by atoms with E-state index in [4.69, 9.17) is 0 Å². The van der Waals surface area contributed by atoms with Crippen molar-refractivity contribution >= 4 is 23.4 Å². The molecule has 1 aliphatic heterocycles. The number of amides is 3. The average molecular weight is 391 g/mol. The van der Waals surface area contributed by atoms with Gasteiger partial charge >= 0.3 is 0 Å². The minimum Gasteiger partial charge on any atom is -0.348 e. The molecule has 0 saturated carbocycles. The summed E-state index contributed by atoms with van der Waals surface area (Å²) in [5.74, 6) is -0.742. The molecule has 1 aromatic carbocycles. The molecular weight excluding hydrogens is 366 g/mol. The second kappa shape index (κ2) is 9.79.